The van der Waals surface area contributed by atoms with E-state index in [0.29, 0.717) is 17.7 Å². The summed E-state index contributed by atoms with van der Waals surface area (Å²) >= 11 is 0. The molecule has 5 nitrogen and oxygen atoms in total. The third-order valence-electron chi connectivity index (χ3n) is 3.51. The van der Waals surface area contributed by atoms with Gasteiger partial charge in [0, 0.05) is 26.1 Å². The molecule has 0 saturated carbocycles. The van der Waals surface area contributed by atoms with E-state index in [2.05, 4.69) is 9.47 Å². The van der Waals surface area contributed by atoms with Gasteiger partial charge in [-0.2, -0.15) is 0 Å². The number of nitrogens with zero attached hydrogens (tertiary/aromatic N) is 2. The Balaban J connectivity index is 2.11. The first-order valence-electron chi connectivity index (χ1n) is 6.90. The zero-order chi connectivity index (χ0) is 16.1. The van der Waals surface area contributed by atoms with Crippen LogP contribution in [0.2, 0.25) is 0 Å². The van der Waals surface area contributed by atoms with Gasteiger partial charge >= 0.3 is 6.29 Å². The van der Waals surface area contributed by atoms with Crippen molar-refractivity contribution in [3.63, 3.8) is 0 Å². The number of ether oxygens (including phenoxy) is 2. The summed E-state index contributed by atoms with van der Waals surface area (Å²) in [5.41, 5.74) is 0.926. The molecule has 2 aliphatic heterocycles. The second kappa shape index (κ2) is 4.95. The van der Waals surface area contributed by atoms with Crippen LogP contribution in [0.5, 0.6) is 11.5 Å². The van der Waals surface area contributed by atoms with Crippen molar-refractivity contribution in [3.05, 3.63) is 29.8 Å². The standard InChI is InChI=1S/C15H16F2N2O3/c1-9-7-11(19(18(2)3)13(20)8-9)10-5-4-6-12-14(10)22-15(16,17)21-12/h4-7,9H,8H2,1-3H3. The highest BCUT2D eigenvalue weighted by Crippen LogP contribution is 2.46. The van der Waals surface area contributed by atoms with Gasteiger partial charge in [-0.1, -0.05) is 19.1 Å². The highest BCUT2D eigenvalue weighted by Gasteiger charge is 2.45. The van der Waals surface area contributed by atoms with Crippen LogP contribution in [-0.4, -0.2) is 36.3 Å². The Hall–Kier alpha value is -2.15. The second-order valence-corrected chi connectivity index (χ2v) is 5.59. The van der Waals surface area contributed by atoms with E-state index in [1.54, 1.807) is 31.2 Å². The van der Waals surface area contributed by atoms with E-state index in [1.807, 2.05) is 13.0 Å². The molecule has 22 heavy (non-hydrogen) atoms. The number of hydrogen-bond donors (Lipinski definition) is 0. The smallest absolute Gasteiger partial charge is 0.395 e. The zero-order valence-corrected chi connectivity index (χ0v) is 12.5. The van der Waals surface area contributed by atoms with Crippen LogP contribution in [0.25, 0.3) is 5.70 Å². The van der Waals surface area contributed by atoms with E-state index in [0.717, 1.165) is 0 Å². The first kappa shape index (κ1) is 14.8. The molecule has 3 rings (SSSR count). The van der Waals surface area contributed by atoms with Crippen molar-refractivity contribution in [1.29, 1.82) is 0 Å². The van der Waals surface area contributed by atoms with Gasteiger partial charge in [-0.05, 0) is 18.1 Å². The average Bonchev–Trinajstić information content (AvgIpc) is 2.70. The van der Waals surface area contributed by atoms with Crippen LogP contribution in [0, 0.1) is 5.92 Å². The molecule has 0 fully saturated rings. The molecular weight excluding hydrogens is 294 g/mol. The molecule has 2 heterocycles. The summed E-state index contributed by atoms with van der Waals surface area (Å²) < 4.78 is 35.8. The van der Waals surface area contributed by atoms with Crippen LogP contribution in [0.3, 0.4) is 0 Å². The van der Waals surface area contributed by atoms with Crippen LogP contribution in [-0.2, 0) is 4.79 Å². The largest absolute Gasteiger partial charge is 0.586 e. The Morgan fingerprint density at radius 3 is 2.73 bits per heavy atom. The molecule has 0 aromatic heterocycles. The van der Waals surface area contributed by atoms with Gasteiger partial charge in [0.05, 0.1) is 5.70 Å². The number of halogens is 2. The van der Waals surface area contributed by atoms with E-state index in [4.69, 9.17) is 0 Å². The highest BCUT2D eigenvalue weighted by molar-refractivity contribution is 5.90. The fourth-order valence-electron chi connectivity index (χ4n) is 2.71. The summed E-state index contributed by atoms with van der Waals surface area (Å²) in [5.74, 6) is -0.170. The first-order chi connectivity index (χ1) is 10.3. The number of allylic oxidation sites excluding steroid dienone is 1. The first-order valence-corrected chi connectivity index (χ1v) is 6.90. The molecule has 0 saturated heterocycles. The number of rotatable bonds is 2. The van der Waals surface area contributed by atoms with Gasteiger partial charge in [-0.15, -0.1) is 8.78 Å². The van der Waals surface area contributed by atoms with Crippen LogP contribution < -0.4 is 9.47 Å². The van der Waals surface area contributed by atoms with Gasteiger partial charge in [0.2, 0.25) is 5.91 Å². The molecule has 118 valence electrons. The van der Waals surface area contributed by atoms with Gasteiger partial charge in [-0.3, -0.25) is 4.79 Å². The third-order valence-corrected chi connectivity index (χ3v) is 3.51. The minimum atomic E-state index is -3.69. The van der Waals surface area contributed by atoms with E-state index >= 15 is 0 Å². The Bertz CT molecular complexity index is 658. The molecule has 0 bridgehead atoms. The minimum Gasteiger partial charge on any atom is -0.395 e. The fraction of sp³-hybridized carbons (Fsp3) is 0.400. The van der Waals surface area contributed by atoms with Crippen molar-refractivity contribution < 1.29 is 23.0 Å². The molecule has 1 aromatic carbocycles. The Morgan fingerprint density at radius 1 is 1.32 bits per heavy atom. The summed E-state index contributed by atoms with van der Waals surface area (Å²) in [6.45, 7) is 1.90. The molecule has 1 unspecified atom stereocenters. The van der Waals surface area contributed by atoms with Crippen LogP contribution in [0.1, 0.15) is 18.9 Å². The third kappa shape index (κ3) is 2.41. The molecule has 0 radical (unpaired) electrons. The van der Waals surface area contributed by atoms with Crippen molar-refractivity contribution in [2.24, 2.45) is 5.92 Å². The van der Waals surface area contributed by atoms with Crippen molar-refractivity contribution in [2.75, 3.05) is 14.1 Å². The van der Waals surface area contributed by atoms with Crippen LogP contribution in [0.4, 0.5) is 8.78 Å². The number of carbonyl (C=O) groups is 1. The summed E-state index contributed by atoms with van der Waals surface area (Å²) in [4.78, 5) is 12.3. The van der Waals surface area contributed by atoms with Crippen molar-refractivity contribution >= 4 is 11.6 Å². The molecular formula is C15H16F2N2O3. The monoisotopic (exact) mass is 310 g/mol. The van der Waals surface area contributed by atoms with E-state index in [1.165, 1.54) is 11.1 Å². The number of carbonyl (C=O) groups excluding carboxylic acids is 1. The normalized spacial score (nSPS) is 23.0. The number of hydrazine groups is 1. The van der Waals surface area contributed by atoms with E-state index in [9.17, 15) is 13.6 Å². The predicted molar refractivity (Wildman–Crippen MR) is 74.9 cm³/mol. The lowest BCUT2D eigenvalue weighted by atomic mass is 9.97. The molecule has 0 spiro atoms. The van der Waals surface area contributed by atoms with Gasteiger partial charge in [0.25, 0.3) is 0 Å². The van der Waals surface area contributed by atoms with Crippen LogP contribution >= 0.6 is 0 Å². The van der Waals surface area contributed by atoms with Crippen molar-refractivity contribution in [3.8, 4) is 11.5 Å². The number of alkyl halides is 2. The fourth-order valence-corrected chi connectivity index (χ4v) is 2.71. The maximum absolute atomic E-state index is 13.3. The number of para-hydroxylation sites is 1. The average molecular weight is 310 g/mol. The lowest BCUT2D eigenvalue weighted by Crippen LogP contribution is -2.43. The van der Waals surface area contributed by atoms with Gasteiger partial charge in [0.15, 0.2) is 11.5 Å². The van der Waals surface area contributed by atoms with Crippen molar-refractivity contribution in [1.82, 2.24) is 10.0 Å². The maximum atomic E-state index is 13.3. The summed E-state index contributed by atoms with van der Waals surface area (Å²) in [7, 11) is 3.44. The number of amides is 1. The lowest BCUT2D eigenvalue weighted by Gasteiger charge is -2.35. The molecule has 1 amide bonds. The Labute approximate surface area is 126 Å². The van der Waals surface area contributed by atoms with E-state index < -0.39 is 6.29 Å². The van der Waals surface area contributed by atoms with Gasteiger partial charge in [0.1, 0.15) is 0 Å². The SMILES string of the molecule is CC1C=C(c2cccc3c2OC(F)(F)O3)N(N(C)C)C(=O)C1. The van der Waals surface area contributed by atoms with Gasteiger partial charge < -0.3 is 9.47 Å². The number of hydrogen-bond acceptors (Lipinski definition) is 4. The highest BCUT2D eigenvalue weighted by atomic mass is 19.3. The summed E-state index contributed by atoms with van der Waals surface area (Å²) in [5, 5.41) is 3.07. The summed E-state index contributed by atoms with van der Waals surface area (Å²) in [6.07, 6.45) is -1.45. The number of fused-ring (bicyclic) bond motifs is 1. The van der Waals surface area contributed by atoms with Crippen molar-refractivity contribution in [2.45, 2.75) is 19.6 Å². The predicted octanol–water partition coefficient (Wildman–Crippen LogP) is 2.69. The maximum Gasteiger partial charge on any atom is 0.586 e. The molecule has 1 atom stereocenters. The topological polar surface area (TPSA) is 42.0 Å². The molecule has 0 aliphatic carbocycles. The van der Waals surface area contributed by atoms with Gasteiger partial charge in [-0.25, -0.2) is 10.0 Å². The minimum absolute atomic E-state index is 0.0115. The zero-order valence-electron chi connectivity index (χ0n) is 12.5. The second-order valence-electron chi connectivity index (χ2n) is 5.59. The lowest BCUT2D eigenvalue weighted by molar-refractivity contribution is -0.286. The molecule has 0 N–H and O–H groups in total. The molecule has 1 aromatic rings. The van der Waals surface area contributed by atoms with Crippen LogP contribution in [0.15, 0.2) is 24.3 Å². The Morgan fingerprint density at radius 2 is 2.05 bits per heavy atom. The summed E-state index contributed by atoms with van der Waals surface area (Å²) in [6, 6.07) is 4.64. The molecule has 2 aliphatic rings. The Kier molecular flexibility index (Phi) is 3.32. The number of benzene rings is 1. The van der Waals surface area contributed by atoms with E-state index in [-0.39, 0.29) is 23.3 Å². The quantitative estimate of drug-likeness (QED) is 0.842. The molecule has 7 heteroatoms.